The van der Waals surface area contributed by atoms with E-state index >= 15 is 0 Å². The Hall–Kier alpha value is -4.85. The number of aliphatic hydroxyl groups is 3. The number of nitrogens with one attached hydrogen (secondary N) is 4. The third-order valence-electron chi connectivity index (χ3n) is 13.6. The summed E-state index contributed by atoms with van der Waals surface area (Å²) in [6.07, 6.45) is 7.77. The minimum Gasteiger partial charge on any atom is -0.508 e. The van der Waals surface area contributed by atoms with Gasteiger partial charge in [-0.2, -0.15) is 0 Å². The number of carbonyl (C=O) groups is 7. The van der Waals surface area contributed by atoms with E-state index in [2.05, 4.69) is 35.1 Å². The van der Waals surface area contributed by atoms with E-state index in [4.69, 9.17) is 5.73 Å². The van der Waals surface area contributed by atoms with E-state index in [1.165, 1.54) is 56.1 Å². The largest absolute Gasteiger partial charge is 0.508 e. The minimum atomic E-state index is -1.63. The number of amides is 8. The first-order valence-electron chi connectivity index (χ1n) is 25.2. The number of urea groups is 1. The lowest BCUT2D eigenvalue weighted by Gasteiger charge is -2.34. The molecule has 0 bridgehead atoms. The average molecular weight is 957 g/mol. The number of nitrogens with zero attached hydrogens (tertiary/aromatic N) is 3. The predicted molar refractivity (Wildman–Crippen MR) is 254 cm³/mol. The molecule has 8 amide bonds. The zero-order chi connectivity index (χ0) is 49.8. The molecule has 4 rings (SSSR count). The van der Waals surface area contributed by atoms with Gasteiger partial charge in [0, 0.05) is 39.0 Å². The van der Waals surface area contributed by atoms with Crippen molar-refractivity contribution in [3.8, 4) is 5.75 Å². The molecule has 68 heavy (non-hydrogen) atoms. The second-order valence-electron chi connectivity index (χ2n) is 19.1. The molecule has 0 aromatic heterocycles. The van der Waals surface area contributed by atoms with E-state index in [-0.39, 0.29) is 89.8 Å². The van der Waals surface area contributed by atoms with Crippen molar-refractivity contribution in [2.75, 3.05) is 32.7 Å². The van der Waals surface area contributed by atoms with Crippen molar-refractivity contribution in [2.24, 2.45) is 11.7 Å². The van der Waals surface area contributed by atoms with Crippen molar-refractivity contribution in [1.82, 2.24) is 36.0 Å². The summed E-state index contributed by atoms with van der Waals surface area (Å²) < 4.78 is 0. The molecular weight excluding hydrogens is 877 g/mol. The molecule has 3 heterocycles. The Morgan fingerprint density at radius 1 is 0.838 bits per heavy atom. The van der Waals surface area contributed by atoms with Crippen LogP contribution in [0.4, 0.5) is 4.79 Å². The van der Waals surface area contributed by atoms with Gasteiger partial charge in [-0.15, -0.1) is 0 Å². The van der Waals surface area contributed by atoms with Crippen LogP contribution in [0.1, 0.15) is 142 Å². The molecule has 3 fully saturated rings. The number of fused-ring (bicyclic) bond motifs is 2. The summed E-state index contributed by atoms with van der Waals surface area (Å²) in [6, 6.07) is -1.46. The number of phenols is 1. The summed E-state index contributed by atoms with van der Waals surface area (Å²) in [5, 5.41) is 53.4. The Bertz CT molecular complexity index is 1800. The fourth-order valence-corrected chi connectivity index (χ4v) is 9.26. The highest BCUT2D eigenvalue weighted by Crippen LogP contribution is 2.25. The van der Waals surface area contributed by atoms with Gasteiger partial charge in [0.1, 0.15) is 36.0 Å². The normalized spacial score (nSPS) is 25.6. The van der Waals surface area contributed by atoms with Crippen LogP contribution in [0.3, 0.4) is 0 Å². The Balaban J connectivity index is 1.58. The van der Waals surface area contributed by atoms with Gasteiger partial charge < -0.3 is 57.2 Å². The van der Waals surface area contributed by atoms with Crippen molar-refractivity contribution in [1.29, 1.82) is 0 Å². The third-order valence-corrected chi connectivity index (χ3v) is 13.6. The van der Waals surface area contributed by atoms with Crippen LogP contribution in [0.15, 0.2) is 24.3 Å². The standard InChI is InChI=1S/C49H80N8O11/c1-4-32(2)16-11-9-7-5-6-8-10-12-20-41(62)52-37-19-14-27-51-45(64)43-40(61)25-29-55(43)46(65)38(18-13-26-50)53-49(68)56(28-15-17-34-21-23-35(59)24-22-34)47(66)39-30-36(60)31-57(39)48(67)42(33(3)58)54-44(37)63/h21-24,32-33,36-40,42-43,58-61H,4-20,25-31,50H2,1-3H3,(H,51,64)(H,52,62)(H,53,68)(H,54,63)/t32-,33+,36+,37-,38-,39-,40?,42-,43-/m0/s1. The van der Waals surface area contributed by atoms with Crippen LogP contribution >= 0.6 is 0 Å². The predicted octanol–water partition coefficient (Wildman–Crippen LogP) is 2.10. The summed E-state index contributed by atoms with van der Waals surface area (Å²) >= 11 is 0. The summed E-state index contributed by atoms with van der Waals surface area (Å²) in [7, 11) is 0. The van der Waals surface area contributed by atoms with Crippen LogP contribution in [-0.2, 0) is 35.2 Å². The molecule has 9 atom stereocenters. The van der Waals surface area contributed by atoms with E-state index < -0.39 is 90.0 Å². The monoisotopic (exact) mass is 957 g/mol. The topological polar surface area (TPSA) is 284 Å². The van der Waals surface area contributed by atoms with Crippen LogP contribution in [0.2, 0.25) is 0 Å². The maximum Gasteiger partial charge on any atom is 0.324 e. The summed E-state index contributed by atoms with van der Waals surface area (Å²) in [4.78, 5) is 102. The maximum absolute atomic E-state index is 14.6. The lowest BCUT2D eigenvalue weighted by atomic mass is 9.99. The number of hydrogen-bond acceptors (Lipinski definition) is 12. The van der Waals surface area contributed by atoms with E-state index in [1.807, 2.05) is 0 Å². The van der Waals surface area contributed by atoms with Gasteiger partial charge in [0.15, 0.2) is 0 Å². The molecular formula is C49H80N8O11. The van der Waals surface area contributed by atoms with Crippen molar-refractivity contribution >= 4 is 41.5 Å². The number of unbranched alkanes of at least 4 members (excludes halogenated alkanes) is 7. The first kappa shape index (κ1) is 55.7. The zero-order valence-electron chi connectivity index (χ0n) is 40.5. The Labute approximate surface area is 401 Å². The summed E-state index contributed by atoms with van der Waals surface area (Å²) in [5.74, 6) is -3.49. The number of hydrogen-bond donors (Lipinski definition) is 9. The number of imide groups is 1. The second kappa shape index (κ2) is 28.6. The van der Waals surface area contributed by atoms with Gasteiger partial charge in [-0.05, 0) is 88.4 Å². The highest BCUT2D eigenvalue weighted by atomic mass is 16.3. The molecule has 0 aliphatic carbocycles. The maximum atomic E-state index is 14.6. The SMILES string of the molecule is CC[C@H](C)CCCCCCCCCCC(=O)N[C@H]1CCCNC(=O)[C@@H]2C(O)CCN2C(=O)[C@H](CCCN)NC(=O)N(CCCc2ccc(O)cc2)C(=O)[C@@H]2C[C@@H](O)CN2C(=O)[C@H]([C@@H](C)O)NC1=O. The van der Waals surface area contributed by atoms with Gasteiger partial charge >= 0.3 is 6.03 Å². The van der Waals surface area contributed by atoms with Gasteiger partial charge in [-0.1, -0.05) is 83.8 Å². The highest BCUT2D eigenvalue weighted by molar-refractivity contribution is 6.02. The van der Waals surface area contributed by atoms with Crippen molar-refractivity contribution in [2.45, 2.75) is 191 Å². The number of rotatable bonds is 21. The molecule has 10 N–H and O–H groups in total. The van der Waals surface area contributed by atoms with Crippen LogP contribution < -0.4 is 27.0 Å². The van der Waals surface area contributed by atoms with Crippen LogP contribution in [0.5, 0.6) is 5.75 Å². The van der Waals surface area contributed by atoms with Gasteiger partial charge in [-0.3, -0.25) is 33.7 Å². The molecule has 3 aliphatic heterocycles. The van der Waals surface area contributed by atoms with Gasteiger partial charge in [0.25, 0.3) is 5.91 Å². The number of aliphatic hydroxyl groups excluding tert-OH is 3. The van der Waals surface area contributed by atoms with Crippen molar-refractivity contribution in [3.63, 3.8) is 0 Å². The van der Waals surface area contributed by atoms with E-state index in [0.29, 0.717) is 12.8 Å². The van der Waals surface area contributed by atoms with Gasteiger partial charge in [0.2, 0.25) is 29.5 Å². The lowest BCUT2D eigenvalue weighted by molar-refractivity contribution is -0.146. The Morgan fingerprint density at radius 3 is 2.18 bits per heavy atom. The molecule has 0 saturated carbocycles. The Morgan fingerprint density at radius 2 is 1.51 bits per heavy atom. The van der Waals surface area contributed by atoms with Crippen LogP contribution in [-0.4, -0.2) is 158 Å². The smallest absolute Gasteiger partial charge is 0.324 e. The van der Waals surface area contributed by atoms with Gasteiger partial charge in [0.05, 0.1) is 18.3 Å². The molecule has 1 unspecified atom stereocenters. The molecule has 1 aromatic rings. The first-order valence-corrected chi connectivity index (χ1v) is 25.2. The van der Waals surface area contributed by atoms with E-state index in [1.54, 1.807) is 12.1 Å². The number of nitrogens with two attached hydrogens (primary N) is 1. The van der Waals surface area contributed by atoms with E-state index in [9.17, 15) is 54.0 Å². The number of aromatic hydroxyl groups is 1. The molecule has 3 aliphatic rings. The van der Waals surface area contributed by atoms with Gasteiger partial charge in [-0.25, -0.2) is 4.79 Å². The van der Waals surface area contributed by atoms with E-state index in [0.717, 1.165) is 47.0 Å². The second-order valence-corrected chi connectivity index (χ2v) is 19.1. The molecule has 0 spiro atoms. The van der Waals surface area contributed by atoms with Crippen molar-refractivity contribution in [3.05, 3.63) is 29.8 Å². The quantitative estimate of drug-likeness (QED) is 0.0802. The summed E-state index contributed by atoms with van der Waals surface area (Å²) in [6.45, 7) is 5.36. The average Bonchev–Trinajstić information content (AvgIpc) is 3.91. The molecule has 0 radical (unpaired) electrons. The number of aryl methyl sites for hydroxylation is 1. The highest BCUT2D eigenvalue weighted by Gasteiger charge is 2.47. The molecule has 19 heteroatoms. The fourth-order valence-electron chi connectivity index (χ4n) is 9.26. The number of carbonyl (C=O) groups excluding carboxylic acids is 7. The zero-order valence-corrected chi connectivity index (χ0v) is 40.5. The van der Waals surface area contributed by atoms with Crippen molar-refractivity contribution < 1.29 is 54.0 Å². The third kappa shape index (κ3) is 17.0. The first-order chi connectivity index (χ1) is 32.6. The van der Waals surface area contributed by atoms with Crippen LogP contribution in [0, 0.1) is 5.92 Å². The fraction of sp³-hybridized carbons (Fsp3) is 0.735. The summed E-state index contributed by atoms with van der Waals surface area (Å²) in [5.41, 5.74) is 6.61. The Kier molecular flexibility index (Phi) is 23.4. The molecule has 19 nitrogen and oxygen atoms in total. The molecule has 3 saturated heterocycles. The number of phenolic OH excluding ortho intramolecular Hbond substituents is 1. The molecule has 382 valence electrons. The number of benzene rings is 1. The molecule has 1 aromatic carbocycles. The lowest BCUT2D eigenvalue weighted by Crippen LogP contribution is -2.61. The van der Waals surface area contributed by atoms with Crippen LogP contribution in [0.25, 0.3) is 0 Å². The minimum absolute atomic E-state index is 0.00130.